The number of halogens is 1. The Morgan fingerprint density at radius 2 is 2.28 bits per heavy atom. The van der Waals surface area contributed by atoms with Crippen LogP contribution in [-0.2, 0) is 6.54 Å². The lowest BCUT2D eigenvalue weighted by Crippen LogP contribution is -2.01. The number of benzene rings is 1. The molecule has 1 heterocycles. The molecule has 0 saturated carbocycles. The first kappa shape index (κ1) is 12.9. The van der Waals surface area contributed by atoms with Gasteiger partial charge in [0.25, 0.3) is 5.69 Å². The molecule has 0 radical (unpaired) electrons. The lowest BCUT2D eigenvalue weighted by Gasteiger charge is -2.10. The summed E-state index contributed by atoms with van der Waals surface area (Å²) in [6.45, 7) is 2.46. The topological polar surface area (TPSA) is 55.2 Å². The molecule has 0 amide bonds. The highest BCUT2D eigenvalue weighted by Crippen LogP contribution is 2.31. The number of nitrogens with one attached hydrogen (secondary N) is 1. The minimum absolute atomic E-state index is 0.0131. The number of nitro groups is 1. The molecule has 18 heavy (non-hydrogen) atoms. The van der Waals surface area contributed by atoms with E-state index in [-0.39, 0.29) is 5.69 Å². The first-order chi connectivity index (χ1) is 8.58. The third kappa shape index (κ3) is 2.80. The fourth-order valence-corrected chi connectivity index (χ4v) is 2.62. The Morgan fingerprint density at radius 3 is 2.83 bits per heavy atom. The molecule has 0 saturated heterocycles. The second kappa shape index (κ2) is 5.37. The van der Waals surface area contributed by atoms with Gasteiger partial charge in [0.1, 0.15) is 0 Å². The number of non-ortho nitro benzene ring substituents is 1. The van der Waals surface area contributed by atoms with Crippen LogP contribution in [-0.4, -0.2) is 4.92 Å². The summed E-state index contributed by atoms with van der Waals surface area (Å²) >= 11 is 7.70. The van der Waals surface area contributed by atoms with Gasteiger partial charge in [-0.15, -0.1) is 11.3 Å². The number of hydrogen-bond acceptors (Lipinski definition) is 4. The minimum Gasteiger partial charge on any atom is -0.379 e. The summed E-state index contributed by atoms with van der Waals surface area (Å²) < 4.78 is 0. The molecule has 0 fully saturated rings. The summed E-state index contributed by atoms with van der Waals surface area (Å²) in [7, 11) is 0. The second-order valence-corrected chi connectivity index (χ2v) is 5.25. The molecule has 0 aliphatic heterocycles. The van der Waals surface area contributed by atoms with Gasteiger partial charge in [-0.2, -0.15) is 0 Å². The van der Waals surface area contributed by atoms with Crippen LogP contribution in [0.5, 0.6) is 0 Å². The molecule has 0 aliphatic carbocycles. The van der Waals surface area contributed by atoms with Crippen LogP contribution in [0.1, 0.15) is 10.4 Å². The van der Waals surface area contributed by atoms with E-state index in [9.17, 15) is 10.1 Å². The van der Waals surface area contributed by atoms with Gasteiger partial charge in [0.15, 0.2) is 0 Å². The minimum atomic E-state index is -0.443. The van der Waals surface area contributed by atoms with E-state index in [1.165, 1.54) is 17.0 Å². The van der Waals surface area contributed by atoms with Gasteiger partial charge in [-0.3, -0.25) is 10.1 Å². The Labute approximate surface area is 113 Å². The van der Waals surface area contributed by atoms with E-state index in [4.69, 9.17) is 11.6 Å². The Balaban J connectivity index is 2.20. The van der Waals surface area contributed by atoms with Crippen molar-refractivity contribution in [3.05, 3.63) is 55.2 Å². The van der Waals surface area contributed by atoms with Crippen molar-refractivity contribution < 1.29 is 4.92 Å². The smallest absolute Gasteiger partial charge is 0.271 e. The van der Waals surface area contributed by atoms with Crippen molar-refractivity contribution in [3.63, 3.8) is 0 Å². The Bertz CT molecular complexity index is 546. The predicted octanol–water partition coefficient (Wildman–Crippen LogP) is 4.23. The standard InChI is InChI=1S/C12H11ClN2O2S/c1-8-5-9(15(16)17)6-11(13)12(8)14-7-10-3-2-4-18-10/h2-6,14H,7H2,1H3. The molecule has 1 aromatic carbocycles. The lowest BCUT2D eigenvalue weighted by molar-refractivity contribution is -0.384. The van der Waals surface area contributed by atoms with Crippen LogP contribution in [0, 0.1) is 17.0 Å². The number of rotatable bonds is 4. The first-order valence-electron chi connectivity index (χ1n) is 5.28. The van der Waals surface area contributed by atoms with Crippen LogP contribution in [0.4, 0.5) is 11.4 Å². The molecule has 1 aromatic heterocycles. The SMILES string of the molecule is Cc1cc([N+](=O)[O-])cc(Cl)c1NCc1cccs1. The number of nitrogens with zero attached hydrogens (tertiary/aromatic N) is 1. The summed E-state index contributed by atoms with van der Waals surface area (Å²) in [5.74, 6) is 0. The lowest BCUT2D eigenvalue weighted by atomic mass is 10.1. The summed E-state index contributed by atoms with van der Waals surface area (Å²) in [6.07, 6.45) is 0. The molecule has 1 N–H and O–H groups in total. The number of hydrogen-bond donors (Lipinski definition) is 1. The molecule has 2 aromatic rings. The van der Waals surface area contributed by atoms with Crippen LogP contribution in [0.15, 0.2) is 29.6 Å². The van der Waals surface area contributed by atoms with Gasteiger partial charge in [-0.25, -0.2) is 0 Å². The molecule has 4 nitrogen and oxygen atoms in total. The van der Waals surface area contributed by atoms with Crippen LogP contribution < -0.4 is 5.32 Å². The van der Waals surface area contributed by atoms with E-state index < -0.39 is 4.92 Å². The van der Waals surface area contributed by atoms with E-state index in [1.54, 1.807) is 18.3 Å². The zero-order valence-corrected chi connectivity index (χ0v) is 11.2. The van der Waals surface area contributed by atoms with E-state index >= 15 is 0 Å². The molecule has 0 bridgehead atoms. The van der Waals surface area contributed by atoms with Crippen LogP contribution >= 0.6 is 22.9 Å². The molecule has 94 valence electrons. The molecule has 2 rings (SSSR count). The Hall–Kier alpha value is -1.59. The number of anilines is 1. The highest BCUT2D eigenvalue weighted by Gasteiger charge is 2.13. The fraction of sp³-hybridized carbons (Fsp3) is 0.167. The molecule has 6 heteroatoms. The van der Waals surface area contributed by atoms with E-state index in [0.717, 1.165) is 11.3 Å². The van der Waals surface area contributed by atoms with Gasteiger partial charge in [0.05, 0.1) is 15.6 Å². The van der Waals surface area contributed by atoms with Gasteiger partial charge in [-0.05, 0) is 23.9 Å². The summed E-state index contributed by atoms with van der Waals surface area (Å²) in [4.78, 5) is 11.4. The number of thiophene rings is 1. The van der Waals surface area contributed by atoms with Gasteiger partial charge < -0.3 is 5.32 Å². The van der Waals surface area contributed by atoms with Crippen molar-refractivity contribution >= 4 is 34.3 Å². The average Bonchev–Trinajstić information content (AvgIpc) is 2.80. The van der Waals surface area contributed by atoms with E-state index in [2.05, 4.69) is 5.32 Å². The molecule has 0 spiro atoms. The van der Waals surface area contributed by atoms with Crippen LogP contribution in [0.3, 0.4) is 0 Å². The van der Waals surface area contributed by atoms with Gasteiger partial charge in [-0.1, -0.05) is 17.7 Å². The normalized spacial score (nSPS) is 10.3. The maximum Gasteiger partial charge on any atom is 0.271 e. The third-order valence-corrected chi connectivity index (χ3v) is 3.68. The van der Waals surface area contributed by atoms with Gasteiger partial charge in [0.2, 0.25) is 0 Å². The number of aryl methyl sites for hydroxylation is 1. The van der Waals surface area contributed by atoms with Crippen LogP contribution in [0.2, 0.25) is 5.02 Å². The zero-order chi connectivity index (χ0) is 13.1. The summed E-state index contributed by atoms with van der Waals surface area (Å²) in [5.41, 5.74) is 1.53. The van der Waals surface area contributed by atoms with Crippen molar-refractivity contribution in [1.82, 2.24) is 0 Å². The van der Waals surface area contributed by atoms with Gasteiger partial charge >= 0.3 is 0 Å². The largest absolute Gasteiger partial charge is 0.379 e. The van der Waals surface area contributed by atoms with Crippen LogP contribution in [0.25, 0.3) is 0 Å². The molecule has 0 aliphatic rings. The first-order valence-corrected chi connectivity index (χ1v) is 6.54. The number of nitro benzene ring substituents is 1. The van der Waals surface area contributed by atoms with Crippen molar-refractivity contribution in [1.29, 1.82) is 0 Å². The highest BCUT2D eigenvalue weighted by molar-refractivity contribution is 7.09. The Kier molecular flexibility index (Phi) is 3.84. The summed E-state index contributed by atoms with van der Waals surface area (Å²) in [6, 6.07) is 6.88. The van der Waals surface area contributed by atoms with E-state index in [0.29, 0.717) is 11.6 Å². The molecule has 0 atom stereocenters. The summed E-state index contributed by atoms with van der Waals surface area (Å²) in [5, 5.41) is 16.3. The predicted molar refractivity (Wildman–Crippen MR) is 74.5 cm³/mol. The quantitative estimate of drug-likeness (QED) is 0.674. The third-order valence-electron chi connectivity index (χ3n) is 2.50. The molecular formula is C12H11ClN2O2S. The van der Waals surface area contributed by atoms with Crippen molar-refractivity contribution in [2.45, 2.75) is 13.5 Å². The maximum absolute atomic E-state index is 10.7. The monoisotopic (exact) mass is 282 g/mol. The fourth-order valence-electron chi connectivity index (χ4n) is 1.64. The Morgan fingerprint density at radius 1 is 1.50 bits per heavy atom. The zero-order valence-electron chi connectivity index (χ0n) is 9.64. The average molecular weight is 283 g/mol. The van der Waals surface area contributed by atoms with Crippen molar-refractivity contribution in [2.24, 2.45) is 0 Å². The second-order valence-electron chi connectivity index (χ2n) is 3.81. The van der Waals surface area contributed by atoms with E-state index in [1.807, 2.05) is 17.5 Å². The van der Waals surface area contributed by atoms with Crippen molar-refractivity contribution in [3.8, 4) is 0 Å². The molecular weight excluding hydrogens is 272 g/mol. The maximum atomic E-state index is 10.7. The molecule has 0 unspecified atom stereocenters. The van der Waals surface area contributed by atoms with Crippen molar-refractivity contribution in [2.75, 3.05) is 5.32 Å². The van der Waals surface area contributed by atoms with Gasteiger partial charge in [0, 0.05) is 23.6 Å². The highest BCUT2D eigenvalue weighted by atomic mass is 35.5.